The summed E-state index contributed by atoms with van der Waals surface area (Å²) in [6, 6.07) is 7.49. The molecule has 0 aliphatic carbocycles. The minimum Gasteiger partial charge on any atom is -0.497 e. The van der Waals surface area contributed by atoms with Crippen LogP contribution >= 0.6 is 11.3 Å². The van der Waals surface area contributed by atoms with Crippen LogP contribution in [0, 0.1) is 0 Å². The van der Waals surface area contributed by atoms with E-state index in [2.05, 4.69) is 9.72 Å². The number of nitrogens with zero attached hydrogens (tertiary/aromatic N) is 1. The van der Waals surface area contributed by atoms with Crippen LogP contribution in [0.2, 0.25) is 0 Å². The molecule has 2 rings (SSSR count). The highest BCUT2D eigenvalue weighted by Crippen LogP contribution is 2.30. The van der Waals surface area contributed by atoms with Gasteiger partial charge in [0.1, 0.15) is 5.75 Å². The molecular weight excluding hydrogens is 238 g/mol. The molecule has 5 heteroatoms. The Morgan fingerprint density at radius 1 is 1.35 bits per heavy atom. The fraction of sp³-hybridized carbons (Fsp3) is 0.167. The first-order valence-electron chi connectivity index (χ1n) is 4.92. The minimum absolute atomic E-state index is 0.339. The van der Waals surface area contributed by atoms with Gasteiger partial charge in [0.05, 0.1) is 24.6 Å². The number of ether oxygens (including phenoxy) is 2. The third kappa shape index (κ3) is 2.29. The van der Waals surface area contributed by atoms with Crippen molar-refractivity contribution in [3.63, 3.8) is 0 Å². The van der Waals surface area contributed by atoms with E-state index in [1.807, 2.05) is 24.3 Å². The van der Waals surface area contributed by atoms with Crippen molar-refractivity contribution in [2.45, 2.75) is 0 Å². The molecule has 0 N–H and O–H groups in total. The Labute approximate surface area is 103 Å². The summed E-state index contributed by atoms with van der Waals surface area (Å²) in [5.41, 5.74) is 2.86. The lowest BCUT2D eigenvalue weighted by molar-refractivity contribution is 0.0596. The molecule has 2 aromatic rings. The molecule has 0 saturated carbocycles. The van der Waals surface area contributed by atoms with Crippen LogP contribution in [0.15, 0.2) is 29.8 Å². The van der Waals surface area contributed by atoms with Crippen molar-refractivity contribution < 1.29 is 14.3 Å². The van der Waals surface area contributed by atoms with Gasteiger partial charge in [0.15, 0.2) is 5.69 Å². The molecule has 17 heavy (non-hydrogen) atoms. The zero-order valence-corrected chi connectivity index (χ0v) is 10.3. The molecule has 0 spiro atoms. The second-order valence-corrected chi connectivity index (χ2v) is 4.11. The van der Waals surface area contributed by atoms with Crippen molar-refractivity contribution in [1.29, 1.82) is 0 Å². The predicted octanol–water partition coefficient (Wildman–Crippen LogP) is 2.61. The maximum absolute atomic E-state index is 11.5. The molecule has 0 unspecified atom stereocenters. The molecule has 0 fully saturated rings. The maximum Gasteiger partial charge on any atom is 0.358 e. The largest absolute Gasteiger partial charge is 0.497 e. The Kier molecular flexibility index (Phi) is 3.39. The predicted molar refractivity (Wildman–Crippen MR) is 65.4 cm³/mol. The standard InChI is InChI=1S/C12H11NO3S/c1-15-9-5-3-4-8(6-9)11-10(12(14)16-2)13-7-17-11/h3-7H,1-2H3. The fourth-order valence-corrected chi connectivity index (χ4v) is 2.23. The first-order valence-corrected chi connectivity index (χ1v) is 5.80. The molecule has 4 nitrogen and oxygen atoms in total. The maximum atomic E-state index is 11.5. The van der Waals surface area contributed by atoms with Crippen molar-refractivity contribution in [3.05, 3.63) is 35.5 Å². The zero-order chi connectivity index (χ0) is 12.3. The topological polar surface area (TPSA) is 48.4 Å². The van der Waals surface area contributed by atoms with Crippen LogP contribution in [0.3, 0.4) is 0 Å². The van der Waals surface area contributed by atoms with E-state index in [0.29, 0.717) is 5.69 Å². The van der Waals surface area contributed by atoms with Gasteiger partial charge in [-0.05, 0) is 17.7 Å². The van der Waals surface area contributed by atoms with Crippen molar-refractivity contribution in [2.24, 2.45) is 0 Å². The lowest BCUT2D eigenvalue weighted by atomic mass is 10.1. The molecule has 0 saturated heterocycles. The van der Waals surface area contributed by atoms with E-state index in [4.69, 9.17) is 4.74 Å². The van der Waals surface area contributed by atoms with Gasteiger partial charge in [0.2, 0.25) is 0 Å². The molecule has 0 aliphatic heterocycles. The Balaban J connectivity index is 2.45. The number of hydrogen-bond donors (Lipinski definition) is 0. The molecule has 1 aromatic heterocycles. The molecular formula is C12H11NO3S. The van der Waals surface area contributed by atoms with Gasteiger partial charge >= 0.3 is 5.97 Å². The van der Waals surface area contributed by atoms with E-state index in [1.165, 1.54) is 18.4 Å². The van der Waals surface area contributed by atoms with Gasteiger partial charge in [-0.15, -0.1) is 11.3 Å². The third-order valence-corrected chi connectivity index (χ3v) is 3.15. The summed E-state index contributed by atoms with van der Waals surface area (Å²) in [5, 5.41) is 0. The number of hydrogen-bond acceptors (Lipinski definition) is 5. The van der Waals surface area contributed by atoms with E-state index in [0.717, 1.165) is 16.2 Å². The number of aromatic nitrogens is 1. The first kappa shape index (κ1) is 11.6. The highest BCUT2D eigenvalue weighted by Gasteiger charge is 2.16. The van der Waals surface area contributed by atoms with E-state index < -0.39 is 5.97 Å². The summed E-state index contributed by atoms with van der Waals surface area (Å²) in [6.45, 7) is 0. The summed E-state index contributed by atoms with van der Waals surface area (Å²) in [4.78, 5) is 16.3. The van der Waals surface area contributed by atoms with Gasteiger partial charge in [-0.25, -0.2) is 9.78 Å². The number of methoxy groups -OCH3 is 2. The Bertz CT molecular complexity index is 536. The fourth-order valence-electron chi connectivity index (χ4n) is 1.46. The number of rotatable bonds is 3. The van der Waals surface area contributed by atoms with Crippen molar-refractivity contribution in [1.82, 2.24) is 4.98 Å². The lowest BCUT2D eigenvalue weighted by Gasteiger charge is -2.03. The number of esters is 1. The van der Waals surface area contributed by atoms with Gasteiger partial charge in [0, 0.05) is 0 Å². The SMILES string of the molecule is COC(=O)c1ncsc1-c1cccc(OC)c1. The molecule has 0 atom stereocenters. The molecule has 0 amide bonds. The van der Waals surface area contributed by atoms with Gasteiger partial charge in [-0.3, -0.25) is 0 Å². The first-order chi connectivity index (χ1) is 8.26. The smallest absolute Gasteiger partial charge is 0.358 e. The summed E-state index contributed by atoms with van der Waals surface area (Å²) in [5.74, 6) is 0.316. The number of carbonyl (C=O) groups excluding carboxylic acids is 1. The molecule has 0 aliphatic rings. The van der Waals surface area contributed by atoms with E-state index in [9.17, 15) is 4.79 Å². The van der Waals surface area contributed by atoms with Crippen LogP contribution in [-0.2, 0) is 4.74 Å². The average Bonchev–Trinajstić information content (AvgIpc) is 2.87. The molecule has 88 valence electrons. The van der Waals surface area contributed by atoms with E-state index in [1.54, 1.807) is 12.6 Å². The van der Waals surface area contributed by atoms with E-state index in [-0.39, 0.29) is 0 Å². The van der Waals surface area contributed by atoms with Crippen molar-refractivity contribution in [3.8, 4) is 16.2 Å². The normalized spacial score (nSPS) is 10.0. The second kappa shape index (κ2) is 4.97. The molecule has 1 aromatic carbocycles. The summed E-state index contributed by atoms with van der Waals surface area (Å²) in [7, 11) is 2.95. The average molecular weight is 249 g/mol. The highest BCUT2D eigenvalue weighted by atomic mass is 32.1. The number of carbonyl (C=O) groups is 1. The lowest BCUT2D eigenvalue weighted by Crippen LogP contribution is -2.02. The second-order valence-electron chi connectivity index (χ2n) is 3.25. The van der Waals surface area contributed by atoms with Crippen LogP contribution < -0.4 is 4.74 Å². The Hall–Kier alpha value is -1.88. The monoisotopic (exact) mass is 249 g/mol. The van der Waals surface area contributed by atoms with E-state index >= 15 is 0 Å². The zero-order valence-electron chi connectivity index (χ0n) is 9.47. The quantitative estimate of drug-likeness (QED) is 0.784. The van der Waals surface area contributed by atoms with Crippen LogP contribution in [0.25, 0.3) is 10.4 Å². The summed E-state index contributed by atoms with van der Waals surface area (Å²) in [6.07, 6.45) is 0. The number of thiazole rings is 1. The van der Waals surface area contributed by atoms with Gasteiger partial charge in [0.25, 0.3) is 0 Å². The third-order valence-electron chi connectivity index (χ3n) is 2.28. The van der Waals surface area contributed by atoms with Crippen LogP contribution in [0.5, 0.6) is 5.75 Å². The van der Waals surface area contributed by atoms with Crippen molar-refractivity contribution in [2.75, 3.05) is 14.2 Å². The van der Waals surface area contributed by atoms with Gasteiger partial charge in [-0.2, -0.15) is 0 Å². The summed E-state index contributed by atoms with van der Waals surface area (Å²) < 4.78 is 9.83. The minimum atomic E-state index is -0.427. The Morgan fingerprint density at radius 3 is 2.88 bits per heavy atom. The van der Waals surface area contributed by atoms with Gasteiger partial charge < -0.3 is 9.47 Å². The van der Waals surface area contributed by atoms with Crippen LogP contribution in [0.4, 0.5) is 0 Å². The van der Waals surface area contributed by atoms with Gasteiger partial charge in [-0.1, -0.05) is 12.1 Å². The summed E-state index contributed by atoms with van der Waals surface area (Å²) >= 11 is 1.40. The molecule has 0 bridgehead atoms. The highest BCUT2D eigenvalue weighted by molar-refractivity contribution is 7.13. The molecule has 1 heterocycles. The van der Waals surface area contributed by atoms with Crippen LogP contribution in [0.1, 0.15) is 10.5 Å². The van der Waals surface area contributed by atoms with Crippen LogP contribution in [-0.4, -0.2) is 25.2 Å². The number of benzene rings is 1. The molecule has 0 radical (unpaired) electrons. The Morgan fingerprint density at radius 2 is 2.18 bits per heavy atom. The van der Waals surface area contributed by atoms with Crippen molar-refractivity contribution >= 4 is 17.3 Å².